The van der Waals surface area contributed by atoms with E-state index in [1.54, 1.807) is 43.6 Å². The van der Waals surface area contributed by atoms with Gasteiger partial charge in [0.25, 0.3) is 11.5 Å². The van der Waals surface area contributed by atoms with Crippen molar-refractivity contribution >= 4 is 11.6 Å². The highest BCUT2D eigenvalue weighted by Crippen LogP contribution is 2.24. The zero-order chi connectivity index (χ0) is 16.9. The molecule has 1 N–H and O–H groups in total. The average molecular weight is 320 g/mol. The molecule has 0 bridgehead atoms. The van der Waals surface area contributed by atoms with Crippen molar-refractivity contribution in [3.63, 3.8) is 0 Å². The maximum absolute atomic E-state index is 12.2. The quantitative estimate of drug-likeness (QED) is 0.801. The van der Waals surface area contributed by atoms with Crippen molar-refractivity contribution in [3.8, 4) is 11.5 Å². The Labute approximate surface area is 139 Å². The zero-order valence-corrected chi connectivity index (χ0v) is 13.1. The van der Waals surface area contributed by atoms with Crippen molar-refractivity contribution in [2.45, 2.75) is 0 Å². The first-order valence-corrected chi connectivity index (χ1v) is 7.43. The van der Waals surface area contributed by atoms with Gasteiger partial charge in [-0.05, 0) is 30.3 Å². The molecule has 3 rings (SSSR count). The maximum Gasteiger partial charge on any atom is 0.255 e. The molecule has 0 aliphatic carbocycles. The van der Waals surface area contributed by atoms with Crippen LogP contribution in [-0.4, -0.2) is 10.5 Å². The van der Waals surface area contributed by atoms with Crippen LogP contribution in [0.1, 0.15) is 10.4 Å². The zero-order valence-electron chi connectivity index (χ0n) is 13.1. The number of anilines is 1. The molecule has 0 saturated carbocycles. The predicted octanol–water partition coefficient (Wildman–Crippen LogP) is 3.43. The summed E-state index contributed by atoms with van der Waals surface area (Å²) in [6.07, 6.45) is 1.56. The fraction of sp³-hybridized carbons (Fsp3) is 0.0526. The van der Waals surface area contributed by atoms with E-state index in [-0.39, 0.29) is 11.5 Å². The molecule has 2 aromatic carbocycles. The van der Waals surface area contributed by atoms with Crippen LogP contribution in [0.2, 0.25) is 0 Å². The molecular formula is C19H16N2O3. The van der Waals surface area contributed by atoms with E-state index in [1.165, 1.54) is 10.6 Å². The number of carbonyl (C=O) groups excluding carboxylic acids is 1. The summed E-state index contributed by atoms with van der Waals surface area (Å²) >= 11 is 0. The maximum atomic E-state index is 12.2. The number of nitrogens with one attached hydrogen (secondary N) is 1. The minimum atomic E-state index is -0.343. The fourth-order valence-corrected chi connectivity index (χ4v) is 2.15. The number of nitrogens with zero attached hydrogens (tertiary/aromatic N) is 1. The molecule has 0 aliphatic heterocycles. The number of rotatable bonds is 4. The highest BCUT2D eigenvalue weighted by atomic mass is 16.5. The third kappa shape index (κ3) is 3.70. The van der Waals surface area contributed by atoms with E-state index in [0.29, 0.717) is 22.7 Å². The van der Waals surface area contributed by atoms with Crippen LogP contribution in [-0.2, 0) is 7.05 Å². The Morgan fingerprint density at radius 1 is 0.958 bits per heavy atom. The Kier molecular flexibility index (Phi) is 4.43. The Hall–Kier alpha value is -3.34. The topological polar surface area (TPSA) is 60.3 Å². The number of hydrogen-bond acceptors (Lipinski definition) is 3. The minimum absolute atomic E-state index is 0.233. The number of aromatic nitrogens is 1. The number of ether oxygens (including phenoxy) is 1. The number of hydrogen-bond donors (Lipinski definition) is 1. The molecule has 0 unspecified atom stereocenters. The molecule has 0 atom stereocenters. The Morgan fingerprint density at radius 2 is 1.71 bits per heavy atom. The van der Waals surface area contributed by atoms with Gasteiger partial charge < -0.3 is 14.6 Å². The summed E-state index contributed by atoms with van der Waals surface area (Å²) in [7, 11) is 1.63. The van der Waals surface area contributed by atoms with Gasteiger partial charge >= 0.3 is 0 Å². The third-order valence-corrected chi connectivity index (χ3v) is 3.44. The van der Waals surface area contributed by atoms with Crippen molar-refractivity contribution in [2.75, 3.05) is 5.32 Å². The first-order valence-electron chi connectivity index (χ1n) is 7.43. The number of para-hydroxylation sites is 1. The summed E-state index contributed by atoms with van der Waals surface area (Å²) in [5.74, 6) is 0.986. The van der Waals surface area contributed by atoms with E-state index >= 15 is 0 Å². The minimum Gasteiger partial charge on any atom is -0.457 e. The number of carbonyl (C=O) groups is 1. The normalized spacial score (nSPS) is 10.2. The molecule has 0 saturated heterocycles. The van der Waals surface area contributed by atoms with Crippen molar-refractivity contribution in [1.82, 2.24) is 4.57 Å². The van der Waals surface area contributed by atoms with E-state index in [2.05, 4.69) is 5.32 Å². The average Bonchev–Trinajstić information content (AvgIpc) is 2.58. The van der Waals surface area contributed by atoms with Gasteiger partial charge in [0, 0.05) is 36.6 Å². The lowest BCUT2D eigenvalue weighted by atomic mass is 10.2. The first kappa shape index (κ1) is 15.6. The molecule has 1 aromatic heterocycles. The van der Waals surface area contributed by atoms with Gasteiger partial charge in [-0.25, -0.2) is 0 Å². The highest BCUT2D eigenvalue weighted by molar-refractivity contribution is 6.04. The van der Waals surface area contributed by atoms with E-state index in [4.69, 9.17) is 4.74 Å². The second kappa shape index (κ2) is 6.83. The summed E-state index contributed by atoms with van der Waals surface area (Å²) in [4.78, 5) is 23.9. The van der Waals surface area contributed by atoms with Gasteiger partial charge in [-0.15, -0.1) is 0 Å². The van der Waals surface area contributed by atoms with Crippen molar-refractivity contribution in [2.24, 2.45) is 7.05 Å². The van der Waals surface area contributed by atoms with E-state index in [0.717, 1.165) is 0 Å². The van der Waals surface area contributed by atoms with Gasteiger partial charge in [0.15, 0.2) is 0 Å². The summed E-state index contributed by atoms with van der Waals surface area (Å²) in [5, 5.41) is 2.76. The number of benzene rings is 2. The van der Waals surface area contributed by atoms with Gasteiger partial charge in [-0.3, -0.25) is 9.59 Å². The van der Waals surface area contributed by atoms with Crippen LogP contribution in [0.4, 0.5) is 5.69 Å². The lowest BCUT2D eigenvalue weighted by Crippen LogP contribution is -2.19. The predicted molar refractivity (Wildman–Crippen MR) is 92.6 cm³/mol. The van der Waals surface area contributed by atoms with Crippen LogP contribution in [0.5, 0.6) is 11.5 Å². The summed E-state index contributed by atoms with van der Waals surface area (Å²) in [6.45, 7) is 0. The molecule has 0 radical (unpaired) electrons. The van der Waals surface area contributed by atoms with Gasteiger partial charge in [0.05, 0.1) is 0 Å². The molecule has 0 aliphatic rings. The monoisotopic (exact) mass is 320 g/mol. The molecule has 1 heterocycles. The largest absolute Gasteiger partial charge is 0.457 e. The molecule has 1 amide bonds. The number of amides is 1. The van der Waals surface area contributed by atoms with Crippen molar-refractivity contribution in [1.29, 1.82) is 0 Å². The Bertz CT molecular complexity index is 917. The van der Waals surface area contributed by atoms with E-state index < -0.39 is 0 Å². The number of pyridine rings is 1. The van der Waals surface area contributed by atoms with E-state index in [1.807, 2.05) is 30.3 Å². The smallest absolute Gasteiger partial charge is 0.255 e. The second-order valence-electron chi connectivity index (χ2n) is 5.26. The van der Waals surface area contributed by atoms with Crippen LogP contribution in [0.25, 0.3) is 0 Å². The fourth-order valence-electron chi connectivity index (χ4n) is 2.15. The second-order valence-corrected chi connectivity index (χ2v) is 5.26. The molecule has 3 aromatic rings. The highest BCUT2D eigenvalue weighted by Gasteiger charge is 2.08. The molecule has 0 spiro atoms. The van der Waals surface area contributed by atoms with Crippen LogP contribution in [0.3, 0.4) is 0 Å². The molecule has 5 heteroatoms. The summed E-state index contributed by atoms with van der Waals surface area (Å²) in [5.41, 5.74) is 0.672. The summed E-state index contributed by atoms with van der Waals surface area (Å²) in [6, 6.07) is 19.4. The number of aryl methyl sites for hydroxylation is 1. The molecule has 5 nitrogen and oxygen atoms in total. The molecule has 24 heavy (non-hydrogen) atoms. The van der Waals surface area contributed by atoms with Crippen LogP contribution in [0, 0.1) is 0 Å². The SMILES string of the molecule is Cn1ccc(C(=O)Nc2cccc(Oc3ccccc3)c2)cc1=O. The van der Waals surface area contributed by atoms with Crippen molar-refractivity contribution < 1.29 is 9.53 Å². The van der Waals surface area contributed by atoms with Gasteiger partial charge in [0.1, 0.15) is 11.5 Å². The third-order valence-electron chi connectivity index (χ3n) is 3.44. The standard InChI is InChI=1S/C19H16N2O3/c1-21-11-10-14(12-18(21)22)19(23)20-15-6-5-9-17(13-15)24-16-7-3-2-4-8-16/h2-13H,1H3,(H,20,23). The lowest BCUT2D eigenvalue weighted by Gasteiger charge is -2.09. The van der Waals surface area contributed by atoms with Gasteiger partial charge in [-0.1, -0.05) is 24.3 Å². The molecule has 0 fully saturated rings. The lowest BCUT2D eigenvalue weighted by molar-refractivity contribution is 0.102. The van der Waals surface area contributed by atoms with Crippen LogP contribution >= 0.6 is 0 Å². The summed E-state index contributed by atoms with van der Waals surface area (Å²) < 4.78 is 7.14. The Morgan fingerprint density at radius 3 is 2.46 bits per heavy atom. The van der Waals surface area contributed by atoms with Gasteiger partial charge in [-0.2, -0.15) is 0 Å². The van der Waals surface area contributed by atoms with Crippen LogP contribution < -0.4 is 15.6 Å². The first-order chi connectivity index (χ1) is 11.6. The van der Waals surface area contributed by atoms with Crippen LogP contribution in [0.15, 0.2) is 77.7 Å². The Balaban J connectivity index is 1.75. The molecular weight excluding hydrogens is 304 g/mol. The van der Waals surface area contributed by atoms with Crippen molar-refractivity contribution in [3.05, 3.63) is 88.8 Å². The van der Waals surface area contributed by atoms with E-state index in [9.17, 15) is 9.59 Å². The molecule has 120 valence electrons. The van der Waals surface area contributed by atoms with Gasteiger partial charge in [0.2, 0.25) is 0 Å².